The van der Waals surface area contributed by atoms with E-state index in [0.717, 1.165) is 24.2 Å². The number of hydrogen-bond donors (Lipinski definition) is 0. The number of hydrogen-bond acceptors (Lipinski definition) is 5. The molecule has 0 aliphatic carbocycles. The first-order valence-electron chi connectivity index (χ1n) is 9.85. The lowest BCUT2D eigenvalue weighted by Crippen LogP contribution is -2.39. The van der Waals surface area contributed by atoms with Crippen LogP contribution in [0.15, 0.2) is 34.0 Å². The fraction of sp³-hybridized carbons (Fsp3) is 0.381. The number of fused-ring (bicyclic) bond motifs is 3. The summed E-state index contributed by atoms with van der Waals surface area (Å²) in [4.78, 5) is 30.6. The minimum Gasteiger partial charge on any atom is -0.497 e. The molecule has 0 radical (unpaired) electrons. The quantitative estimate of drug-likeness (QED) is 0.486. The zero-order valence-electron chi connectivity index (χ0n) is 17.8. The standard InChI is InChI=1S/C21H25N5O4/c1-6-7-10-24-19(27)17-18(23(3)21(24)28)22-20-25(17)12-13(2)26(20)15-11-14(29-4)8-9-16(15)30-5/h8-9,11-12H,6-7,10H2,1-5H3. The molecule has 0 unspecified atom stereocenters. The lowest BCUT2D eigenvalue weighted by Gasteiger charge is -2.12. The number of aromatic nitrogens is 5. The molecule has 3 heterocycles. The summed E-state index contributed by atoms with van der Waals surface area (Å²) in [6.07, 6.45) is 3.49. The highest BCUT2D eigenvalue weighted by atomic mass is 16.5. The van der Waals surface area contributed by atoms with Crippen LogP contribution in [0.4, 0.5) is 0 Å². The number of nitrogens with zero attached hydrogens (tertiary/aromatic N) is 5. The van der Waals surface area contributed by atoms with Gasteiger partial charge in [0.1, 0.15) is 11.5 Å². The topological polar surface area (TPSA) is 84.7 Å². The minimum atomic E-state index is -0.357. The van der Waals surface area contributed by atoms with Crippen LogP contribution < -0.4 is 20.7 Å². The Morgan fingerprint density at radius 1 is 1.13 bits per heavy atom. The third kappa shape index (κ3) is 2.80. The smallest absolute Gasteiger partial charge is 0.332 e. The average Bonchev–Trinajstić information content (AvgIpc) is 3.26. The van der Waals surface area contributed by atoms with Gasteiger partial charge in [-0.1, -0.05) is 13.3 Å². The highest BCUT2D eigenvalue weighted by molar-refractivity contribution is 5.77. The van der Waals surface area contributed by atoms with Gasteiger partial charge in [-0.25, -0.2) is 4.79 Å². The lowest BCUT2D eigenvalue weighted by molar-refractivity contribution is 0.401. The number of aryl methyl sites for hydroxylation is 2. The van der Waals surface area contributed by atoms with Crippen molar-refractivity contribution < 1.29 is 9.47 Å². The Hall–Kier alpha value is -3.49. The van der Waals surface area contributed by atoms with Crippen LogP contribution in [0.25, 0.3) is 22.6 Å². The highest BCUT2D eigenvalue weighted by Crippen LogP contribution is 2.31. The Kier molecular flexibility index (Phi) is 4.89. The minimum absolute atomic E-state index is 0.330. The van der Waals surface area contributed by atoms with Gasteiger partial charge >= 0.3 is 5.69 Å². The van der Waals surface area contributed by atoms with E-state index < -0.39 is 0 Å². The zero-order chi connectivity index (χ0) is 21.6. The first kappa shape index (κ1) is 19.8. The molecule has 0 saturated heterocycles. The van der Waals surface area contributed by atoms with Crippen molar-refractivity contribution in [2.45, 2.75) is 33.2 Å². The van der Waals surface area contributed by atoms with Crippen molar-refractivity contribution >= 4 is 16.9 Å². The Balaban J connectivity index is 2.09. The van der Waals surface area contributed by atoms with Gasteiger partial charge in [-0.2, -0.15) is 4.98 Å². The molecule has 1 aromatic carbocycles. The van der Waals surface area contributed by atoms with Gasteiger partial charge in [0.2, 0.25) is 5.78 Å². The molecule has 30 heavy (non-hydrogen) atoms. The molecule has 158 valence electrons. The Bertz CT molecular complexity index is 1370. The third-order valence-electron chi connectivity index (χ3n) is 5.39. The summed E-state index contributed by atoms with van der Waals surface area (Å²) in [6, 6.07) is 5.49. The SMILES string of the molecule is CCCCn1c(=O)c2c(nc3n(-c4cc(OC)ccc4OC)c(C)cn23)n(C)c1=O. The number of rotatable bonds is 6. The van der Waals surface area contributed by atoms with E-state index in [0.29, 0.717) is 35.0 Å². The normalized spacial score (nSPS) is 11.5. The zero-order valence-corrected chi connectivity index (χ0v) is 17.8. The van der Waals surface area contributed by atoms with E-state index in [4.69, 9.17) is 9.47 Å². The van der Waals surface area contributed by atoms with E-state index in [1.807, 2.05) is 42.8 Å². The second-order valence-corrected chi connectivity index (χ2v) is 7.25. The van der Waals surface area contributed by atoms with Crippen molar-refractivity contribution in [3.8, 4) is 17.2 Å². The molecule has 0 bridgehead atoms. The molecule has 4 aromatic rings. The number of ether oxygens (including phenoxy) is 2. The van der Waals surface area contributed by atoms with Crippen molar-refractivity contribution in [1.29, 1.82) is 0 Å². The van der Waals surface area contributed by atoms with Crippen LogP contribution in [-0.2, 0) is 13.6 Å². The van der Waals surface area contributed by atoms with Crippen molar-refractivity contribution in [2.75, 3.05) is 14.2 Å². The maximum atomic E-state index is 13.2. The summed E-state index contributed by atoms with van der Waals surface area (Å²) in [5.74, 6) is 1.83. The molecule has 0 atom stereocenters. The molecule has 0 N–H and O–H groups in total. The summed E-state index contributed by atoms with van der Waals surface area (Å²) in [5, 5.41) is 0. The van der Waals surface area contributed by atoms with Crippen molar-refractivity contribution in [3.05, 3.63) is 50.9 Å². The molecule has 0 aliphatic heterocycles. The molecule has 9 heteroatoms. The van der Waals surface area contributed by atoms with Gasteiger partial charge in [0, 0.05) is 31.5 Å². The molecule has 0 fully saturated rings. The molecule has 9 nitrogen and oxygen atoms in total. The summed E-state index contributed by atoms with van der Waals surface area (Å²) in [7, 11) is 4.84. The van der Waals surface area contributed by atoms with E-state index in [2.05, 4.69) is 4.98 Å². The second-order valence-electron chi connectivity index (χ2n) is 7.25. The fourth-order valence-corrected chi connectivity index (χ4v) is 3.79. The maximum absolute atomic E-state index is 13.2. The maximum Gasteiger partial charge on any atom is 0.332 e. The Morgan fingerprint density at radius 3 is 2.57 bits per heavy atom. The van der Waals surface area contributed by atoms with E-state index in [9.17, 15) is 9.59 Å². The largest absolute Gasteiger partial charge is 0.497 e. The molecule has 0 saturated carbocycles. The van der Waals surface area contributed by atoms with Gasteiger partial charge in [0.15, 0.2) is 11.2 Å². The number of methoxy groups -OCH3 is 2. The van der Waals surface area contributed by atoms with E-state index in [1.54, 1.807) is 25.7 Å². The Morgan fingerprint density at radius 2 is 1.90 bits per heavy atom. The summed E-state index contributed by atoms with van der Waals surface area (Å²) in [6.45, 7) is 4.33. The predicted octanol–water partition coefficient (Wildman–Crippen LogP) is 2.26. The molecular formula is C21H25N5O4. The van der Waals surface area contributed by atoms with Crippen LogP contribution in [0.5, 0.6) is 11.5 Å². The van der Waals surface area contributed by atoms with Gasteiger partial charge in [-0.15, -0.1) is 0 Å². The first-order chi connectivity index (χ1) is 14.4. The van der Waals surface area contributed by atoms with Crippen LogP contribution in [0.2, 0.25) is 0 Å². The van der Waals surface area contributed by atoms with Crippen LogP contribution in [0, 0.1) is 6.92 Å². The van der Waals surface area contributed by atoms with Crippen LogP contribution in [0.3, 0.4) is 0 Å². The highest BCUT2D eigenvalue weighted by Gasteiger charge is 2.22. The van der Waals surface area contributed by atoms with E-state index >= 15 is 0 Å². The number of benzene rings is 1. The summed E-state index contributed by atoms with van der Waals surface area (Å²) < 4.78 is 17.3. The fourth-order valence-electron chi connectivity index (χ4n) is 3.79. The summed E-state index contributed by atoms with van der Waals surface area (Å²) in [5.41, 5.74) is 1.64. The second kappa shape index (κ2) is 7.40. The molecule has 0 aliphatic rings. The van der Waals surface area contributed by atoms with Gasteiger partial charge in [-0.05, 0) is 25.5 Å². The molecule has 0 amide bonds. The number of unbranched alkanes of at least 4 members (excludes halogenated alkanes) is 1. The number of imidazole rings is 2. The third-order valence-corrected chi connectivity index (χ3v) is 5.39. The van der Waals surface area contributed by atoms with Crippen molar-refractivity contribution in [3.63, 3.8) is 0 Å². The Labute approximate surface area is 172 Å². The van der Waals surface area contributed by atoms with Gasteiger partial charge < -0.3 is 9.47 Å². The average molecular weight is 411 g/mol. The molecule has 4 rings (SSSR count). The van der Waals surface area contributed by atoms with Crippen LogP contribution >= 0.6 is 0 Å². The van der Waals surface area contributed by atoms with Crippen LogP contribution in [0.1, 0.15) is 25.5 Å². The van der Waals surface area contributed by atoms with Gasteiger partial charge in [0.05, 0.1) is 19.9 Å². The summed E-state index contributed by atoms with van der Waals surface area (Å²) >= 11 is 0. The predicted molar refractivity (Wildman–Crippen MR) is 114 cm³/mol. The molecule has 3 aromatic heterocycles. The van der Waals surface area contributed by atoms with E-state index in [1.165, 1.54) is 9.13 Å². The van der Waals surface area contributed by atoms with Gasteiger partial charge in [-0.3, -0.25) is 22.9 Å². The molecule has 0 spiro atoms. The van der Waals surface area contributed by atoms with E-state index in [-0.39, 0.29) is 11.2 Å². The monoisotopic (exact) mass is 411 g/mol. The van der Waals surface area contributed by atoms with Crippen molar-refractivity contribution in [2.24, 2.45) is 7.05 Å². The van der Waals surface area contributed by atoms with Crippen LogP contribution in [-0.4, -0.2) is 37.3 Å². The first-order valence-corrected chi connectivity index (χ1v) is 9.85. The lowest BCUT2D eigenvalue weighted by atomic mass is 10.2. The van der Waals surface area contributed by atoms with Gasteiger partial charge in [0.25, 0.3) is 5.56 Å². The molecular weight excluding hydrogens is 386 g/mol. The van der Waals surface area contributed by atoms with Crippen molar-refractivity contribution in [1.82, 2.24) is 23.1 Å².